The third-order valence-corrected chi connectivity index (χ3v) is 2.46. The number of nitrogens with one attached hydrogen (secondary N) is 1. The van der Waals surface area contributed by atoms with Crippen molar-refractivity contribution in [1.29, 1.82) is 0 Å². The number of alkyl halides is 3. The van der Waals surface area contributed by atoms with E-state index in [1.54, 1.807) is 0 Å². The van der Waals surface area contributed by atoms with Gasteiger partial charge in [-0.15, -0.1) is 0 Å². The van der Waals surface area contributed by atoms with Crippen molar-refractivity contribution in [2.24, 2.45) is 0 Å². The predicted molar refractivity (Wildman–Crippen MR) is 60.0 cm³/mol. The van der Waals surface area contributed by atoms with Crippen LogP contribution in [0.2, 0.25) is 0 Å². The molecule has 96 valence electrons. The van der Waals surface area contributed by atoms with E-state index in [2.05, 4.69) is 10.2 Å². The lowest BCUT2D eigenvalue weighted by molar-refractivity contribution is -0.138. The van der Waals surface area contributed by atoms with E-state index >= 15 is 0 Å². The van der Waals surface area contributed by atoms with E-state index in [4.69, 9.17) is 10.5 Å². The third-order valence-electron chi connectivity index (χ3n) is 2.46. The quantitative estimate of drug-likeness (QED) is 0.869. The number of aromatic nitrogens is 2. The Morgan fingerprint density at radius 1 is 1.33 bits per heavy atom. The average molecular weight is 257 g/mol. The summed E-state index contributed by atoms with van der Waals surface area (Å²) in [6.45, 7) is 0. The Hall–Kier alpha value is -2.18. The topological polar surface area (TPSA) is 63.9 Å². The van der Waals surface area contributed by atoms with Crippen molar-refractivity contribution < 1.29 is 17.9 Å². The van der Waals surface area contributed by atoms with E-state index in [-0.39, 0.29) is 5.75 Å². The average Bonchev–Trinajstić information content (AvgIpc) is 2.73. The molecule has 0 spiro atoms. The molecule has 1 heterocycles. The zero-order valence-corrected chi connectivity index (χ0v) is 9.38. The van der Waals surface area contributed by atoms with Gasteiger partial charge in [-0.3, -0.25) is 5.10 Å². The highest BCUT2D eigenvalue weighted by atomic mass is 19.4. The largest absolute Gasteiger partial charge is 0.496 e. The molecule has 2 rings (SSSR count). The zero-order chi connectivity index (χ0) is 13.3. The minimum Gasteiger partial charge on any atom is -0.496 e. The standard InChI is InChI=1S/C11H10F3N3O/c1-18-9-4-6(10-8(15)5-16-17-10)2-3-7(9)11(12,13)14/h2-5H,15H2,1H3,(H,16,17). The number of nitrogens with zero attached hydrogens (tertiary/aromatic N) is 1. The first-order chi connectivity index (χ1) is 8.43. The Morgan fingerprint density at radius 3 is 2.56 bits per heavy atom. The summed E-state index contributed by atoms with van der Waals surface area (Å²) >= 11 is 0. The van der Waals surface area contributed by atoms with Crippen LogP contribution in [0.15, 0.2) is 24.4 Å². The maximum Gasteiger partial charge on any atom is 0.419 e. The van der Waals surface area contributed by atoms with Gasteiger partial charge in [0.2, 0.25) is 0 Å². The van der Waals surface area contributed by atoms with Crippen LogP contribution in [0.1, 0.15) is 5.56 Å². The number of H-pyrrole nitrogens is 1. The molecule has 0 saturated carbocycles. The molecule has 0 saturated heterocycles. The van der Waals surface area contributed by atoms with Gasteiger partial charge in [-0.2, -0.15) is 18.3 Å². The monoisotopic (exact) mass is 257 g/mol. The highest BCUT2D eigenvalue weighted by Crippen LogP contribution is 2.38. The van der Waals surface area contributed by atoms with Crippen LogP contribution in [0.25, 0.3) is 11.3 Å². The van der Waals surface area contributed by atoms with Gasteiger partial charge in [0.05, 0.1) is 30.3 Å². The van der Waals surface area contributed by atoms with E-state index in [0.29, 0.717) is 16.9 Å². The number of nitrogen functional groups attached to an aromatic ring is 1. The van der Waals surface area contributed by atoms with Gasteiger partial charge in [-0.1, -0.05) is 6.07 Å². The number of ether oxygens (including phenoxy) is 1. The van der Waals surface area contributed by atoms with Crippen molar-refractivity contribution in [2.75, 3.05) is 12.8 Å². The minimum atomic E-state index is -4.45. The lowest BCUT2D eigenvalue weighted by Gasteiger charge is -2.12. The molecule has 1 aromatic heterocycles. The molecule has 3 N–H and O–H groups in total. The van der Waals surface area contributed by atoms with Crippen LogP contribution in [-0.4, -0.2) is 17.3 Å². The number of anilines is 1. The first kappa shape index (κ1) is 12.3. The minimum absolute atomic E-state index is 0.256. The lowest BCUT2D eigenvalue weighted by Crippen LogP contribution is -2.07. The van der Waals surface area contributed by atoms with Crippen molar-refractivity contribution in [3.8, 4) is 17.0 Å². The van der Waals surface area contributed by atoms with Gasteiger partial charge in [-0.25, -0.2) is 0 Å². The molecule has 0 radical (unpaired) electrons. The molecule has 0 fully saturated rings. The van der Waals surface area contributed by atoms with Gasteiger partial charge in [0.15, 0.2) is 0 Å². The summed E-state index contributed by atoms with van der Waals surface area (Å²) in [5.74, 6) is -0.256. The Bertz CT molecular complexity index is 563. The van der Waals surface area contributed by atoms with E-state index in [1.807, 2.05) is 0 Å². The Morgan fingerprint density at radius 2 is 2.06 bits per heavy atom. The Balaban J connectivity index is 2.52. The van der Waals surface area contributed by atoms with Crippen molar-refractivity contribution >= 4 is 5.69 Å². The van der Waals surface area contributed by atoms with Gasteiger partial charge >= 0.3 is 6.18 Å². The second-order valence-electron chi connectivity index (χ2n) is 3.61. The molecule has 18 heavy (non-hydrogen) atoms. The summed E-state index contributed by atoms with van der Waals surface area (Å²) < 4.78 is 42.7. The van der Waals surface area contributed by atoms with Crippen LogP contribution >= 0.6 is 0 Å². The van der Waals surface area contributed by atoms with Crippen LogP contribution < -0.4 is 10.5 Å². The molecule has 7 heteroatoms. The molecule has 0 atom stereocenters. The first-order valence-corrected chi connectivity index (χ1v) is 4.98. The maximum atomic E-state index is 12.7. The molecule has 0 aliphatic rings. The molecule has 0 amide bonds. The number of hydrogen-bond acceptors (Lipinski definition) is 3. The summed E-state index contributed by atoms with van der Waals surface area (Å²) in [5, 5.41) is 6.33. The number of methoxy groups -OCH3 is 1. The van der Waals surface area contributed by atoms with E-state index < -0.39 is 11.7 Å². The van der Waals surface area contributed by atoms with Gasteiger partial charge < -0.3 is 10.5 Å². The van der Waals surface area contributed by atoms with Crippen LogP contribution in [0.3, 0.4) is 0 Å². The highest BCUT2D eigenvalue weighted by molar-refractivity contribution is 5.73. The van der Waals surface area contributed by atoms with Gasteiger partial charge in [-0.05, 0) is 12.1 Å². The number of aromatic amines is 1. The predicted octanol–water partition coefficient (Wildman–Crippen LogP) is 2.69. The number of benzene rings is 1. The van der Waals surface area contributed by atoms with E-state index in [9.17, 15) is 13.2 Å². The van der Waals surface area contributed by atoms with Gasteiger partial charge in [0, 0.05) is 5.56 Å². The molecule has 1 aromatic carbocycles. The van der Waals surface area contributed by atoms with Crippen LogP contribution in [0.5, 0.6) is 5.75 Å². The maximum absolute atomic E-state index is 12.7. The fourth-order valence-electron chi connectivity index (χ4n) is 1.61. The molecule has 4 nitrogen and oxygen atoms in total. The van der Waals surface area contributed by atoms with Crippen molar-refractivity contribution in [1.82, 2.24) is 10.2 Å². The van der Waals surface area contributed by atoms with Gasteiger partial charge in [0.25, 0.3) is 0 Å². The van der Waals surface area contributed by atoms with E-state index in [1.165, 1.54) is 25.4 Å². The first-order valence-electron chi connectivity index (χ1n) is 4.98. The van der Waals surface area contributed by atoms with Crippen molar-refractivity contribution in [2.45, 2.75) is 6.18 Å². The van der Waals surface area contributed by atoms with Crippen LogP contribution in [0.4, 0.5) is 18.9 Å². The Labute approximate surface area is 101 Å². The zero-order valence-electron chi connectivity index (χ0n) is 9.38. The second kappa shape index (κ2) is 4.25. The number of rotatable bonds is 2. The smallest absolute Gasteiger partial charge is 0.419 e. The molecule has 0 aliphatic heterocycles. The molecule has 0 unspecified atom stereocenters. The molecule has 0 bridgehead atoms. The van der Waals surface area contributed by atoms with Crippen molar-refractivity contribution in [3.05, 3.63) is 30.0 Å². The van der Waals surface area contributed by atoms with Gasteiger partial charge in [0.1, 0.15) is 5.75 Å². The number of halogens is 3. The highest BCUT2D eigenvalue weighted by Gasteiger charge is 2.34. The summed E-state index contributed by atoms with van der Waals surface area (Å²) in [6, 6.07) is 3.54. The summed E-state index contributed by atoms with van der Waals surface area (Å²) in [7, 11) is 1.19. The van der Waals surface area contributed by atoms with E-state index in [0.717, 1.165) is 6.07 Å². The van der Waals surface area contributed by atoms with Crippen LogP contribution in [0, 0.1) is 0 Å². The summed E-state index contributed by atoms with van der Waals surface area (Å²) in [4.78, 5) is 0. The molecular formula is C11H10F3N3O. The Kier molecular flexibility index (Phi) is 2.90. The fraction of sp³-hybridized carbons (Fsp3) is 0.182. The summed E-state index contributed by atoms with van der Waals surface area (Å²) in [5.41, 5.74) is 6.10. The summed E-state index contributed by atoms with van der Waals surface area (Å²) in [6.07, 6.45) is -3.07. The molecule has 0 aliphatic carbocycles. The second-order valence-corrected chi connectivity index (χ2v) is 3.61. The fourth-order valence-corrected chi connectivity index (χ4v) is 1.61. The van der Waals surface area contributed by atoms with Crippen LogP contribution in [-0.2, 0) is 6.18 Å². The number of nitrogens with two attached hydrogens (primary N) is 1. The third kappa shape index (κ3) is 2.11. The normalized spacial score (nSPS) is 11.6. The van der Waals surface area contributed by atoms with Crippen molar-refractivity contribution in [3.63, 3.8) is 0 Å². The lowest BCUT2D eigenvalue weighted by atomic mass is 10.1. The molecule has 2 aromatic rings. The SMILES string of the molecule is COc1cc(-c2[nH]ncc2N)ccc1C(F)(F)F. The number of hydrogen-bond donors (Lipinski definition) is 2. The molecular weight excluding hydrogens is 247 g/mol.